The van der Waals surface area contributed by atoms with Crippen molar-refractivity contribution in [3.05, 3.63) is 168 Å². The third-order valence-electron chi connectivity index (χ3n) is 12.1. The number of imidazole rings is 1. The maximum atomic E-state index is 12.5. The Morgan fingerprint density at radius 3 is 1.70 bits per heavy atom. The molecule has 6 aromatic carbocycles. The zero-order valence-corrected chi connectivity index (χ0v) is 41.2. The number of hydrogen-bond donors (Lipinski definition) is 1. The van der Waals surface area contributed by atoms with Crippen LogP contribution in [0.4, 0.5) is 0 Å². The molecule has 0 saturated carbocycles. The number of fused-ring (bicyclic) bond motifs is 1. The maximum absolute atomic E-state index is 12.5. The molecule has 324 valence electrons. The number of phenols is 1. The molecule has 1 N–H and O–H groups in total. The smallest absolute Gasteiger partial charge is 0.148 e. The second-order valence-electron chi connectivity index (χ2n) is 21.0. The van der Waals surface area contributed by atoms with E-state index in [2.05, 4.69) is 221 Å². The third-order valence-corrected chi connectivity index (χ3v) is 12.1. The van der Waals surface area contributed by atoms with Crippen molar-refractivity contribution in [1.29, 1.82) is 0 Å². The van der Waals surface area contributed by atoms with Gasteiger partial charge in [-0.1, -0.05) is 185 Å². The number of para-hydroxylation sites is 1. The number of rotatable bonds is 6. The first-order chi connectivity index (χ1) is 29.2. The molecule has 0 fully saturated rings. The van der Waals surface area contributed by atoms with Crippen LogP contribution in [-0.4, -0.2) is 19.6 Å². The van der Waals surface area contributed by atoms with Crippen molar-refractivity contribution < 1.29 is 26.2 Å². The number of aromatic nitrogens is 3. The predicted octanol–water partition coefficient (Wildman–Crippen LogP) is 15.4. The normalized spacial score (nSPS) is 12.4. The van der Waals surface area contributed by atoms with Crippen molar-refractivity contribution in [3.63, 3.8) is 0 Å². The Kier molecular flexibility index (Phi) is 12.2. The topological polar surface area (TPSA) is 50.9 Å². The fourth-order valence-electron chi connectivity index (χ4n) is 8.27. The van der Waals surface area contributed by atoms with Gasteiger partial charge in [-0.2, -0.15) is 0 Å². The summed E-state index contributed by atoms with van der Waals surface area (Å²) in [6, 6.07) is 51.2. The Morgan fingerprint density at radius 2 is 1.08 bits per heavy atom. The van der Waals surface area contributed by atoms with Gasteiger partial charge in [-0.15, -0.1) is 29.3 Å². The summed E-state index contributed by atoms with van der Waals surface area (Å²) in [7, 11) is 0. The molecule has 0 radical (unpaired) electrons. The molecule has 0 aliphatic carbocycles. The molecule has 0 unspecified atom stereocenters. The molecule has 0 spiro atoms. The molecule has 8 aromatic rings. The SMILES string of the molecule is CC(C)(C)c1cc(-c2cc(-c3ccccc3)ccn2)[c-]c(-c2cccc3c2nc(-c2cc(C(C)(C)C)cc(C(C)(C)C)c2O)n3-c2ccc(C(C)(C)C)cc2-c2ccccc2)c1.[Pt]. The first kappa shape index (κ1) is 45.5. The zero-order chi connectivity index (χ0) is 44.4. The number of phenolic OH excluding ortho intramolecular Hbond substituents is 1. The van der Waals surface area contributed by atoms with Crippen LogP contribution in [0.5, 0.6) is 5.75 Å². The number of benzene rings is 6. The van der Waals surface area contributed by atoms with Gasteiger partial charge in [0.1, 0.15) is 11.6 Å². The van der Waals surface area contributed by atoms with Crippen LogP contribution in [-0.2, 0) is 42.7 Å². The first-order valence-electron chi connectivity index (χ1n) is 21.9. The molecular formula is C58H60N3OPt-. The fourth-order valence-corrected chi connectivity index (χ4v) is 8.27. The van der Waals surface area contributed by atoms with E-state index in [4.69, 9.17) is 9.97 Å². The molecule has 0 aliphatic rings. The first-order valence-corrected chi connectivity index (χ1v) is 21.9. The van der Waals surface area contributed by atoms with E-state index in [-0.39, 0.29) is 48.5 Å². The molecule has 0 aliphatic heterocycles. The summed E-state index contributed by atoms with van der Waals surface area (Å²) in [6.45, 7) is 26.7. The van der Waals surface area contributed by atoms with Crippen LogP contribution in [0.1, 0.15) is 105 Å². The van der Waals surface area contributed by atoms with Crippen molar-refractivity contribution in [2.75, 3.05) is 0 Å². The maximum Gasteiger partial charge on any atom is 0.148 e. The Hall–Kier alpha value is -5.57. The van der Waals surface area contributed by atoms with E-state index in [1.807, 2.05) is 12.3 Å². The van der Waals surface area contributed by atoms with E-state index in [0.717, 1.165) is 72.5 Å². The van der Waals surface area contributed by atoms with E-state index in [9.17, 15) is 5.11 Å². The molecule has 63 heavy (non-hydrogen) atoms. The molecule has 4 nitrogen and oxygen atoms in total. The second-order valence-corrected chi connectivity index (χ2v) is 21.0. The summed E-state index contributed by atoms with van der Waals surface area (Å²) in [5.74, 6) is 0.941. The van der Waals surface area contributed by atoms with Crippen molar-refractivity contribution in [2.45, 2.75) is 105 Å². The molecule has 0 amide bonds. The van der Waals surface area contributed by atoms with E-state index >= 15 is 0 Å². The molecular weight excluding hydrogens is 950 g/mol. The van der Waals surface area contributed by atoms with Crippen molar-refractivity contribution in [1.82, 2.24) is 14.5 Å². The largest absolute Gasteiger partial charge is 0.507 e. The summed E-state index contributed by atoms with van der Waals surface area (Å²) < 4.78 is 2.28. The Labute approximate surface area is 389 Å². The van der Waals surface area contributed by atoms with Crippen molar-refractivity contribution >= 4 is 11.0 Å². The van der Waals surface area contributed by atoms with Gasteiger partial charge < -0.3 is 5.11 Å². The molecule has 5 heteroatoms. The number of aromatic hydroxyl groups is 1. The number of hydrogen-bond acceptors (Lipinski definition) is 3. The molecule has 8 rings (SSSR count). The summed E-state index contributed by atoms with van der Waals surface area (Å²) >= 11 is 0. The van der Waals surface area contributed by atoms with Crippen LogP contribution >= 0.6 is 0 Å². The van der Waals surface area contributed by atoms with Crippen LogP contribution in [0.3, 0.4) is 0 Å². The Balaban J connectivity index is 0.00000595. The zero-order valence-electron chi connectivity index (χ0n) is 38.9. The standard InChI is InChI=1S/C58H60N3O.Pt/c1-55(2,3)42-26-27-50(46(34-42)38-22-17-14-18-23-38)61-51-25-19-24-45(52(51)60-54(61)47-35-44(57(7,8)9)36-48(53(47)62)58(10,11)12)40-30-41(32-43(31-40)56(4,5)6)49-33-39(28-29-59-49)37-20-15-13-16-21-37;/h13-29,31-36,62H,1-12H3;/q-1;. The summed E-state index contributed by atoms with van der Waals surface area (Å²) in [6.07, 6.45) is 1.89. The Morgan fingerprint density at radius 1 is 0.492 bits per heavy atom. The van der Waals surface area contributed by atoms with Gasteiger partial charge in [0.25, 0.3) is 0 Å². The van der Waals surface area contributed by atoms with Gasteiger partial charge in [0, 0.05) is 44.1 Å². The third kappa shape index (κ3) is 9.11. The van der Waals surface area contributed by atoms with Crippen molar-refractivity contribution in [3.8, 4) is 67.5 Å². The van der Waals surface area contributed by atoms with E-state index in [1.165, 1.54) is 11.1 Å². The van der Waals surface area contributed by atoms with Gasteiger partial charge in [0.05, 0.1) is 22.3 Å². The minimum Gasteiger partial charge on any atom is -0.507 e. The van der Waals surface area contributed by atoms with Gasteiger partial charge in [0.2, 0.25) is 0 Å². The average Bonchev–Trinajstić information content (AvgIpc) is 3.62. The summed E-state index contributed by atoms with van der Waals surface area (Å²) in [4.78, 5) is 10.6. The van der Waals surface area contributed by atoms with Gasteiger partial charge in [-0.05, 0) is 79.8 Å². The van der Waals surface area contributed by atoms with E-state index in [1.54, 1.807) is 0 Å². The van der Waals surface area contributed by atoms with Gasteiger partial charge in [-0.3, -0.25) is 9.55 Å². The minimum atomic E-state index is -0.323. The van der Waals surface area contributed by atoms with E-state index in [0.29, 0.717) is 11.4 Å². The predicted molar refractivity (Wildman–Crippen MR) is 261 cm³/mol. The molecule has 0 bridgehead atoms. The second kappa shape index (κ2) is 16.9. The van der Waals surface area contributed by atoms with Crippen LogP contribution in [0.25, 0.3) is 72.7 Å². The van der Waals surface area contributed by atoms with Crippen LogP contribution in [0.15, 0.2) is 140 Å². The minimum absolute atomic E-state index is 0. The monoisotopic (exact) mass is 1010 g/mol. The van der Waals surface area contributed by atoms with Gasteiger partial charge in [-0.25, -0.2) is 4.98 Å². The summed E-state index contributed by atoms with van der Waals surface area (Å²) in [5, 5.41) is 12.5. The Bertz CT molecular complexity index is 2930. The van der Waals surface area contributed by atoms with Gasteiger partial charge in [0.15, 0.2) is 0 Å². The molecule has 2 heterocycles. The van der Waals surface area contributed by atoms with Gasteiger partial charge >= 0.3 is 0 Å². The fraction of sp³-hybridized carbons (Fsp3) is 0.276. The molecule has 2 aromatic heterocycles. The van der Waals surface area contributed by atoms with Crippen LogP contribution in [0, 0.1) is 6.07 Å². The van der Waals surface area contributed by atoms with Crippen LogP contribution < -0.4 is 0 Å². The average molecular weight is 1010 g/mol. The number of pyridine rings is 1. The number of nitrogens with zero attached hydrogens (tertiary/aromatic N) is 3. The van der Waals surface area contributed by atoms with E-state index < -0.39 is 0 Å². The summed E-state index contributed by atoms with van der Waals surface area (Å²) in [5.41, 5.74) is 15.3. The van der Waals surface area contributed by atoms with Crippen LogP contribution in [0.2, 0.25) is 0 Å². The van der Waals surface area contributed by atoms with Crippen molar-refractivity contribution in [2.24, 2.45) is 0 Å². The molecule has 0 saturated heterocycles. The molecule has 0 atom stereocenters. The quantitative estimate of drug-likeness (QED) is 0.169.